The fourth-order valence-electron chi connectivity index (χ4n) is 1.65. The molecule has 0 N–H and O–H groups in total. The number of esters is 1. The van der Waals surface area contributed by atoms with E-state index in [-0.39, 0.29) is 11.7 Å². The molecule has 0 spiro atoms. The lowest BCUT2D eigenvalue weighted by atomic mass is 10.1. The minimum Gasteiger partial charge on any atom is -0.460 e. The lowest BCUT2D eigenvalue weighted by molar-refractivity contribution is -0.146. The molecule has 0 amide bonds. The molecule has 0 radical (unpaired) electrons. The molecule has 1 rings (SSSR count). The zero-order valence-electron chi connectivity index (χ0n) is 12.1. The van der Waals surface area contributed by atoms with E-state index in [1.807, 2.05) is 43.3 Å². The number of rotatable bonds is 6. The van der Waals surface area contributed by atoms with Gasteiger partial charge in [-0.25, -0.2) is 0 Å². The van der Waals surface area contributed by atoms with Crippen LogP contribution in [0.3, 0.4) is 0 Å². The fraction of sp³-hybridized carbons (Fsp3) is 0.375. The third-order valence-electron chi connectivity index (χ3n) is 2.65. The van der Waals surface area contributed by atoms with Gasteiger partial charge in [-0.05, 0) is 18.9 Å². The van der Waals surface area contributed by atoms with Crippen molar-refractivity contribution in [2.24, 2.45) is 0 Å². The van der Waals surface area contributed by atoms with Crippen molar-refractivity contribution in [3.8, 4) is 0 Å². The van der Waals surface area contributed by atoms with Crippen LogP contribution in [0.15, 0.2) is 42.5 Å². The van der Waals surface area contributed by atoms with Gasteiger partial charge in [0, 0.05) is 6.92 Å². The summed E-state index contributed by atoms with van der Waals surface area (Å²) in [6.45, 7) is 5.35. The van der Waals surface area contributed by atoms with Gasteiger partial charge in [-0.2, -0.15) is 0 Å². The highest BCUT2D eigenvalue weighted by Crippen LogP contribution is 2.29. The van der Waals surface area contributed by atoms with E-state index in [0.29, 0.717) is 0 Å². The van der Waals surface area contributed by atoms with Gasteiger partial charge in [-0.15, -0.1) is 0 Å². The molecule has 1 atom stereocenters. The van der Waals surface area contributed by atoms with Gasteiger partial charge in [0.05, 0.1) is 0 Å². The maximum Gasteiger partial charge on any atom is 0.326 e. The van der Waals surface area contributed by atoms with Crippen molar-refractivity contribution in [1.82, 2.24) is 0 Å². The molecule has 0 saturated heterocycles. The van der Waals surface area contributed by atoms with Gasteiger partial charge in [0.1, 0.15) is 11.4 Å². The Balaban J connectivity index is 2.73. The van der Waals surface area contributed by atoms with Crippen LogP contribution in [0, 0.1) is 0 Å². The van der Waals surface area contributed by atoms with Crippen LogP contribution in [0.4, 0.5) is 0 Å². The molecule has 4 heteroatoms. The van der Waals surface area contributed by atoms with Crippen molar-refractivity contribution < 1.29 is 14.3 Å². The van der Waals surface area contributed by atoms with Crippen LogP contribution < -0.4 is 0 Å². The van der Waals surface area contributed by atoms with Crippen LogP contribution in [0.5, 0.6) is 0 Å². The fourth-order valence-corrected chi connectivity index (χ4v) is 2.56. The monoisotopic (exact) mass is 292 g/mol. The average Bonchev–Trinajstić information content (AvgIpc) is 2.43. The standard InChI is InChI=1S/C16H20O3S/c1-4-5-11-16(3,20-13(2)17)15(18)19-12-14-9-7-6-8-10-14/h5-11H,4,12H2,1-3H3/t16-/m0/s1. The molecule has 20 heavy (non-hydrogen) atoms. The summed E-state index contributed by atoms with van der Waals surface area (Å²) >= 11 is 0.985. The molecule has 0 heterocycles. The second-order valence-electron chi connectivity index (χ2n) is 4.57. The van der Waals surface area contributed by atoms with Crippen molar-refractivity contribution in [2.45, 2.75) is 38.5 Å². The largest absolute Gasteiger partial charge is 0.460 e. The number of allylic oxidation sites excluding steroid dienone is 1. The number of benzene rings is 1. The van der Waals surface area contributed by atoms with Crippen LogP contribution >= 0.6 is 11.8 Å². The molecule has 1 aromatic rings. The first kappa shape index (κ1) is 16.5. The van der Waals surface area contributed by atoms with Crippen molar-refractivity contribution in [1.29, 1.82) is 0 Å². The SMILES string of the molecule is CCC=C[C@](C)(SC(C)=O)C(=O)OCc1ccccc1. The molecule has 0 bridgehead atoms. The van der Waals surface area contributed by atoms with Gasteiger partial charge < -0.3 is 4.74 Å². The van der Waals surface area contributed by atoms with Crippen molar-refractivity contribution in [2.75, 3.05) is 0 Å². The van der Waals surface area contributed by atoms with Crippen LogP contribution in [-0.2, 0) is 20.9 Å². The van der Waals surface area contributed by atoms with Gasteiger partial charge in [0.15, 0.2) is 5.12 Å². The van der Waals surface area contributed by atoms with Gasteiger partial charge in [0.25, 0.3) is 0 Å². The van der Waals surface area contributed by atoms with E-state index >= 15 is 0 Å². The Hall–Kier alpha value is -1.55. The Morgan fingerprint density at radius 2 is 1.95 bits per heavy atom. The second kappa shape index (κ2) is 7.90. The average molecular weight is 292 g/mol. The Morgan fingerprint density at radius 3 is 2.50 bits per heavy atom. The van der Waals surface area contributed by atoms with E-state index in [9.17, 15) is 9.59 Å². The van der Waals surface area contributed by atoms with Gasteiger partial charge in [0.2, 0.25) is 0 Å². The summed E-state index contributed by atoms with van der Waals surface area (Å²) in [6, 6.07) is 9.48. The molecule has 108 valence electrons. The summed E-state index contributed by atoms with van der Waals surface area (Å²) in [7, 11) is 0. The predicted molar refractivity (Wildman–Crippen MR) is 82.3 cm³/mol. The molecular formula is C16H20O3S. The Morgan fingerprint density at radius 1 is 1.30 bits per heavy atom. The molecule has 1 aromatic carbocycles. The first-order valence-electron chi connectivity index (χ1n) is 6.56. The van der Waals surface area contributed by atoms with Crippen molar-refractivity contribution in [3.05, 3.63) is 48.0 Å². The van der Waals surface area contributed by atoms with Crippen LogP contribution in [0.25, 0.3) is 0 Å². The normalized spacial score (nSPS) is 13.9. The zero-order chi connectivity index (χ0) is 15.0. The number of carbonyl (C=O) groups excluding carboxylic acids is 2. The second-order valence-corrected chi connectivity index (χ2v) is 6.20. The Bertz CT molecular complexity index is 482. The van der Waals surface area contributed by atoms with Gasteiger partial charge in [-0.3, -0.25) is 9.59 Å². The van der Waals surface area contributed by atoms with E-state index in [1.165, 1.54) is 6.92 Å². The zero-order valence-corrected chi connectivity index (χ0v) is 12.9. The first-order chi connectivity index (χ1) is 9.48. The molecule has 0 aliphatic rings. The highest BCUT2D eigenvalue weighted by Gasteiger charge is 2.34. The number of hydrogen-bond donors (Lipinski definition) is 0. The highest BCUT2D eigenvalue weighted by atomic mass is 32.2. The minimum absolute atomic E-state index is 0.107. The number of thioether (sulfide) groups is 1. The van der Waals surface area contributed by atoms with Crippen molar-refractivity contribution in [3.63, 3.8) is 0 Å². The summed E-state index contributed by atoms with van der Waals surface area (Å²) in [6.07, 6.45) is 4.42. The number of ether oxygens (including phenoxy) is 1. The summed E-state index contributed by atoms with van der Waals surface area (Å²) in [5, 5.41) is -0.107. The summed E-state index contributed by atoms with van der Waals surface area (Å²) in [5.74, 6) is -0.397. The van der Waals surface area contributed by atoms with Crippen molar-refractivity contribution >= 4 is 22.8 Å². The topological polar surface area (TPSA) is 43.4 Å². The quantitative estimate of drug-likeness (QED) is 0.592. The third-order valence-corrected chi connectivity index (χ3v) is 3.66. The third kappa shape index (κ3) is 5.21. The van der Waals surface area contributed by atoms with Gasteiger partial charge in [-0.1, -0.05) is 61.2 Å². The van der Waals surface area contributed by atoms with E-state index < -0.39 is 10.7 Å². The summed E-state index contributed by atoms with van der Waals surface area (Å²) in [4.78, 5) is 23.6. The molecule has 0 aromatic heterocycles. The predicted octanol–water partition coefficient (Wildman–Crippen LogP) is 3.73. The lowest BCUT2D eigenvalue weighted by Crippen LogP contribution is -2.32. The van der Waals surface area contributed by atoms with Crippen LogP contribution in [0.2, 0.25) is 0 Å². The molecule has 0 fully saturated rings. The van der Waals surface area contributed by atoms with Gasteiger partial charge >= 0.3 is 5.97 Å². The molecular weight excluding hydrogens is 272 g/mol. The Kier molecular flexibility index (Phi) is 6.52. The summed E-state index contributed by atoms with van der Waals surface area (Å²) < 4.78 is 4.37. The van der Waals surface area contributed by atoms with E-state index in [4.69, 9.17) is 4.74 Å². The lowest BCUT2D eigenvalue weighted by Gasteiger charge is -2.21. The summed E-state index contributed by atoms with van der Waals surface area (Å²) in [5.41, 5.74) is 0.926. The molecule has 0 aliphatic heterocycles. The van der Waals surface area contributed by atoms with Crippen LogP contribution in [-0.4, -0.2) is 15.8 Å². The molecule has 0 unspecified atom stereocenters. The maximum absolute atomic E-state index is 12.2. The number of carbonyl (C=O) groups is 2. The smallest absolute Gasteiger partial charge is 0.326 e. The minimum atomic E-state index is -0.962. The highest BCUT2D eigenvalue weighted by molar-refractivity contribution is 8.15. The number of hydrogen-bond acceptors (Lipinski definition) is 4. The first-order valence-corrected chi connectivity index (χ1v) is 7.38. The molecule has 0 saturated carbocycles. The maximum atomic E-state index is 12.2. The van der Waals surface area contributed by atoms with E-state index in [1.54, 1.807) is 13.0 Å². The molecule has 3 nitrogen and oxygen atoms in total. The van der Waals surface area contributed by atoms with E-state index in [0.717, 1.165) is 23.7 Å². The Labute approximate surface area is 124 Å². The molecule has 0 aliphatic carbocycles. The van der Waals surface area contributed by atoms with E-state index in [2.05, 4.69) is 0 Å². The van der Waals surface area contributed by atoms with Crippen LogP contribution in [0.1, 0.15) is 32.8 Å².